The first kappa shape index (κ1) is 12.3. The largest absolute Gasteiger partial charge is 0.416 e. The molecule has 0 spiro atoms. The van der Waals surface area contributed by atoms with E-state index in [4.69, 9.17) is 0 Å². The van der Waals surface area contributed by atoms with Gasteiger partial charge >= 0.3 is 6.18 Å². The Morgan fingerprint density at radius 2 is 2.06 bits per heavy atom. The average molecular weight is 254 g/mol. The smallest absolute Gasteiger partial charge is 0.296 e. The van der Waals surface area contributed by atoms with Crippen molar-refractivity contribution >= 4 is 6.29 Å². The molecule has 0 unspecified atom stereocenters. The molecule has 0 aliphatic carbocycles. The molecule has 0 fully saturated rings. The topological polar surface area (TPSA) is 45.8 Å². The van der Waals surface area contributed by atoms with Crippen molar-refractivity contribution in [2.75, 3.05) is 0 Å². The Bertz CT molecular complexity index is 560. The van der Waals surface area contributed by atoms with Crippen LogP contribution in [-0.2, 0) is 12.6 Å². The van der Waals surface area contributed by atoms with E-state index in [2.05, 4.69) is 10.2 Å². The Labute approximate surface area is 101 Å². The van der Waals surface area contributed by atoms with E-state index in [9.17, 15) is 18.0 Å². The molecule has 0 amide bonds. The predicted octanol–water partition coefficient (Wildman–Crippen LogP) is 2.83. The fourth-order valence-electron chi connectivity index (χ4n) is 1.61. The number of hydrogen-bond donors (Lipinski definition) is 1. The van der Waals surface area contributed by atoms with E-state index >= 15 is 0 Å². The number of aromatic nitrogens is 2. The van der Waals surface area contributed by atoms with Gasteiger partial charge in [0.25, 0.3) is 0 Å². The Morgan fingerprint density at radius 1 is 1.28 bits per heavy atom. The molecule has 94 valence electrons. The van der Waals surface area contributed by atoms with Crippen molar-refractivity contribution in [3.05, 3.63) is 52.8 Å². The first-order valence-corrected chi connectivity index (χ1v) is 5.14. The van der Waals surface area contributed by atoms with Crippen LogP contribution in [-0.4, -0.2) is 16.5 Å². The molecule has 0 atom stereocenters. The van der Waals surface area contributed by atoms with Crippen molar-refractivity contribution in [1.29, 1.82) is 0 Å². The quantitative estimate of drug-likeness (QED) is 0.856. The lowest BCUT2D eigenvalue weighted by molar-refractivity contribution is -0.137. The number of halogens is 3. The molecule has 0 saturated heterocycles. The fraction of sp³-hybridized carbons (Fsp3) is 0.167. The first-order valence-electron chi connectivity index (χ1n) is 5.14. The number of aromatic amines is 1. The molecule has 1 aromatic heterocycles. The summed E-state index contributed by atoms with van der Waals surface area (Å²) in [5.74, 6) is 0. The monoisotopic (exact) mass is 254 g/mol. The fourth-order valence-corrected chi connectivity index (χ4v) is 1.61. The Balaban J connectivity index is 2.21. The maximum absolute atomic E-state index is 12.5. The summed E-state index contributed by atoms with van der Waals surface area (Å²) in [6.07, 6.45) is -3.51. The number of carbonyl (C=O) groups excluding carboxylic acids is 1. The third-order valence-electron chi connectivity index (χ3n) is 2.42. The number of benzene rings is 1. The predicted molar refractivity (Wildman–Crippen MR) is 58.2 cm³/mol. The molecule has 3 nitrogen and oxygen atoms in total. The van der Waals surface area contributed by atoms with E-state index in [1.54, 1.807) is 6.07 Å². The van der Waals surface area contributed by atoms with E-state index in [0.717, 1.165) is 12.1 Å². The first-order chi connectivity index (χ1) is 8.49. The second-order valence-corrected chi connectivity index (χ2v) is 3.81. The van der Waals surface area contributed by atoms with Gasteiger partial charge in [-0.1, -0.05) is 18.2 Å². The van der Waals surface area contributed by atoms with E-state index in [1.807, 2.05) is 0 Å². The lowest BCUT2D eigenvalue weighted by Gasteiger charge is -2.07. The molecule has 0 saturated carbocycles. The summed E-state index contributed by atoms with van der Waals surface area (Å²) in [6.45, 7) is 0. The van der Waals surface area contributed by atoms with Crippen LogP contribution in [0.3, 0.4) is 0 Å². The number of aldehydes is 1. The van der Waals surface area contributed by atoms with E-state index < -0.39 is 11.7 Å². The maximum Gasteiger partial charge on any atom is 0.416 e. The number of nitrogens with zero attached hydrogens (tertiary/aromatic N) is 1. The van der Waals surface area contributed by atoms with Gasteiger partial charge in [-0.25, -0.2) is 0 Å². The summed E-state index contributed by atoms with van der Waals surface area (Å²) in [7, 11) is 0. The van der Waals surface area contributed by atoms with Gasteiger partial charge < -0.3 is 0 Å². The van der Waals surface area contributed by atoms with Gasteiger partial charge in [-0.2, -0.15) is 18.3 Å². The molecule has 0 bridgehead atoms. The number of H-pyrrole nitrogens is 1. The van der Waals surface area contributed by atoms with E-state index in [-0.39, 0.29) is 12.1 Å². The minimum atomic E-state index is -4.35. The van der Waals surface area contributed by atoms with Crippen molar-refractivity contribution in [3.63, 3.8) is 0 Å². The van der Waals surface area contributed by atoms with Crippen LogP contribution >= 0.6 is 0 Å². The van der Waals surface area contributed by atoms with Gasteiger partial charge in [0.1, 0.15) is 5.69 Å². The van der Waals surface area contributed by atoms with Gasteiger partial charge in [-0.3, -0.25) is 9.89 Å². The highest BCUT2D eigenvalue weighted by molar-refractivity contribution is 5.71. The molecule has 1 N–H and O–H groups in total. The molecule has 1 aromatic carbocycles. The van der Waals surface area contributed by atoms with Crippen LogP contribution in [0.1, 0.15) is 27.3 Å². The lowest BCUT2D eigenvalue weighted by atomic mass is 10.1. The summed E-state index contributed by atoms with van der Waals surface area (Å²) >= 11 is 0. The van der Waals surface area contributed by atoms with Crippen LogP contribution in [0.5, 0.6) is 0 Å². The number of nitrogens with one attached hydrogen (secondary N) is 1. The van der Waals surface area contributed by atoms with Gasteiger partial charge in [-0.05, 0) is 17.7 Å². The molecular weight excluding hydrogens is 245 g/mol. The van der Waals surface area contributed by atoms with Crippen LogP contribution in [0.25, 0.3) is 0 Å². The van der Waals surface area contributed by atoms with Crippen molar-refractivity contribution in [2.45, 2.75) is 12.6 Å². The second-order valence-electron chi connectivity index (χ2n) is 3.81. The molecule has 18 heavy (non-hydrogen) atoms. The summed E-state index contributed by atoms with van der Waals surface area (Å²) in [5.41, 5.74) is 0.648. The van der Waals surface area contributed by atoms with Gasteiger partial charge in [0.15, 0.2) is 6.29 Å². The van der Waals surface area contributed by atoms with Gasteiger partial charge in [-0.15, -0.1) is 0 Å². The minimum absolute atomic E-state index is 0.233. The number of alkyl halides is 3. The van der Waals surface area contributed by atoms with E-state index in [1.165, 1.54) is 12.1 Å². The molecule has 6 heteroatoms. The molecule has 1 heterocycles. The summed E-state index contributed by atoms with van der Waals surface area (Å²) in [4.78, 5) is 10.4. The molecule has 0 aliphatic heterocycles. The minimum Gasteiger partial charge on any atom is -0.296 e. The SMILES string of the molecule is O=Cc1cc(Cc2cccc(C(F)(F)F)c2)[nH]n1. The third-order valence-corrected chi connectivity index (χ3v) is 2.42. The summed E-state index contributed by atoms with van der Waals surface area (Å²) in [6, 6.07) is 6.56. The van der Waals surface area contributed by atoms with Crippen LogP contribution in [0.2, 0.25) is 0 Å². The van der Waals surface area contributed by atoms with Crippen molar-refractivity contribution < 1.29 is 18.0 Å². The lowest BCUT2D eigenvalue weighted by Crippen LogP contribution is -2.05. The molecule has 0 aliphatic rings. The maximum atomic E-state index is 12.5. The van der Waals surface area contributed by atoms with E-state index in [0.29, 0.717) is 17.5 Å². The van der Waals surface area contributed by atoms with Gasteiger partial charge in [0.05, 0.1) is 5.56 Å². The molecule has 2 rings (SSSR count). The highest BCUT2D eigenvalue weighted by atomic mass is 19.4. The van der Waals surface area contributed by atoms with Crippen molar-refractivity contribution in [2.24, 2.45) is 0 Å². The highest BCUT2D eigenvalue weighted by Crippen LogP contribution is 2.29. The van der Waals surface area contributed by atoms with Crippen molar-refractivity contribution in [3.8, 4) is 0 Å². The highest BCUT2D eigenvalue weighted by Gasteiger charge is 2.30. The average Bonchev–Trinajstić information content (AvgIpc) is 2.76. The molecule has 2 aromatic rings. The summed E-state index contributed by atoms with van der Waals surface area (Å²) in [5, 5.41) is 6.29. The third kappa shape index (κ3) is 2.77. The Morgan fingerprint density at radius 3 is 2.67 bits per heavy atom. The zero-order valence-corrected chi connectivity index (χ0v) is 9.16. The second kappa shape index (κ2) is 4.64. The molecular formula is C12H9F3N2O. The normalized spacial score (nSPS) is 11.5. The zero-order valence-electron chi connectivity index (χ0n) is 9.16. The Hall–Kier alpha value is -2.11. The van der Waals surface area contributed by atoms with Gasteiger partial charge in [0, 0.05) is 12.1 Å². The summed E-state index contributed by atoms with van der Waals surface area (Å²) < 4.78 is 37.5. The number of rotatable bonds is 3. The molecule has 0 radical (unpaired) electrons. The Kier molecular flexibility index (Phi) is 3.18. The van der Waals surface area contributed by atoms with Crippen LogP contribution in [0.15, 0.2) is 30.3 Å². The zero-order chi connectivity index (χ0) is 13.2. The van der Waals surface area contributed by atoms with Crippen LogP contribution < -0.4 is 0 Å². The standard InChI is InChI=1S/C12H9F3N2O/c13-12(14,15)9-3-1-2-8(4-9)5-10-6-11(7-18)17-16-10/h1-4,6-7H,5H2,(H,16,17). The van der Waals surface area contributed by atoms with Gasteiger partial charge in [0.2, 0.25) is 0 Å². The number of carbonyl (C=O) groups is 1. The van der Waals surface area contributed by atoms with Crippen LogP contribution in [0, 0.1) is 0 Å². The number of hydrogen-bond acceptors (Lipinski definition) is 2. The van der Waals surface area contributed by atoms with Crippen LogP contribution in [0.4, 0.5) is 13.2 Å². The van der Waals surface area contributed by atoms with Crippen molar-refractivity contribution in [1.82, 2.24) is 10.2 Å².